The summed E-state index contributed by atoms with van der Waals surface area (Å²) in [4.78, 5) is 0. The predicted molar refractivity (Wildman–Crippen MR) is 92.3 cm³/mol. The third kappa shape index (κ3) is 2.73. The van der Waals surface area contributed by atoms with Gasteiger partial charge in [0, 0.05) is 5.02 Å². The van der Waals surface area contributed by atoms with E-state index in [0.717, 1.165) is 16.1 Å². The fourth-order valence-electron chi connectivity index (χ4n) is 2.96. The molecule has 0 spiro atoms. The number of hydrogen-bond acceptors (Lipinski definition) is 1. The molecule has 0 aromatic heterocycles. The maximum atomic E-state index is 6.57. The fraction of sp³-hybridized carbons (Fsp3) is 0.368. The Kier molecular flexibility index (Phi) is 4.46. The minimum absolute atomic E-state index is 0.138. The molecular formula is C19H24ClN. The normalized spacial score (nSPS) is 12.6. The first-order valence-corrected chi connectivity index (χ1v) is 7.72. The van der Waals surface area contributed by atoms with E-state index in [1.165, 1.54) is 33.4 Å². The van der Waals surface area contributed by atoms with E-state index >= 15 is 0 Å². The Morgan fingerprint density at radius 1 is 0.810 bits per heavy atom. The third-order valence-electron chi connectivity index (χ3n) is 4.92. The van der Waals surface area contributed by atoms with Gasteiger partial charge in [0.15, 0.2) is 0 Å². The van der Waals surface area contributed by atoms with Gasteiger partial charge in [-0.15, -0.1) is 0 Å². The van der Waals surface area contributed by atoms with Crippen LogP contribution >= 0.6 is 11.6 Å². The highest BCUT2D eigenvalue weighted by molar-refractivity contribution is 6.31. The molecule has 2 heteroatoms. The summed E-state index contributed by atoms with van der Waals surface area (Å²) in [6.45, 7) is 12.9. The second-order valence-electron chi connectivity index (χ2n) is 6.02. The summed E-state index contributed by atoms with van der Waals surface area (Å²) in [6, 6.07) is 5.97. The topological polar surface area (TPSA) is 26.0 Å². The highest BCUT2D eigenvalue weighted by Gasteiger charge is 2.19. The van der Waals surface area contributed by atoms with Gasteiger partial charge in [0.05, 0.1) is 6.04 Å². The maximum absolute atomic E-state index is 6.57. The van der Waals surface area contributed by atoms with Crippen molar-refractivity contribution >= 4 is 11.6 Å². The van der Waals surface area contributed by atoms with Crippen molar-refractivity contribution < 1.29 is 0 Å². The van der Waals surface area contributed by atoms with E-state index in [1.54, 1.807) is 0 Å². The number of hydrogen-bond donors (Lipinski definition) is 1. The number of halogens is 1. The number of aryl methyl sites for hydroxylation is 1. The summed E-state index contributed by atoms with van der Waals surface area (Å²) in [5.74, 6) is 0. The molecule has 2 N–H and O–H groups in total. The first-order chi connectivity index (χ1) is 9.75. The molecule has 0 aliphatic rings. The minimum atomic E-state index is -0.138. The van der Waals surface area contributed by atoms with E-state index in [-0.39, 0.29) is 6.04 Å². The van der Waals surface area contributed by atoms with Crippen molar-refractivity contribution in [2.75, 3.05) is 0 Å². The molecule has 2 aromatic carbocycles. The van der Waals surface area contributed by atoms with Crippen molar-refractivity contribution in [1.82, 2.24) is 0 Å². The van der Waals surface area contributed by atoms with E-state index in [2.05, 4.69) is 40.7 Å². The molecule has 0 fully saturated rings. The number of benzene rings is 2. The average Bonchev–Trinajstić information content (AvgIpc) is 2.46. The average molecular weight is 302 g/mol. The van der Waals surface area contributed by atoms with Gasteiger partial charge >= 0.3 is 0 Å². The Morgan fingerprint density at radius 3 is 1.76 bits per heavy atom. The van der Waals surface area contributed by atoms with Crippen LogP contribution < -0.4 is 5.73 Å². The molecule has 1 nitrogen and oxygen atoms in total. The molecule has 0 radical (unpaired) electrons. The highest BCUT2D eigenvalue weighted by atomic mass is 35.5. The molecule has 1 unspecified atom stereocenters. The van der Waals surface area contributed by atoms with Gasteiger partial charge in [-0.2, -0.15) is 0 Å². The Labute approximate surface area is 133 Å². The van der Waals surface area contributed by atoms with Crippen molar-refractivity contribution in [3.8, 4) is 0 Å². The second kappa shape index (κ2) is 5.82. The van der Waals surface area contributed by atoms with E-state index in [0.29, 0.717) is 0 Å². The van der Waals surface area contributed by atoms with Gasteiger partial charge in [-0.1, -0.05) is 23.7 Å². The SMILES string of the molecule is Cc1ccc(C(N)c2c(C)c(C)c(C)c(C)c2C)cc1Cl. The Bertz CT molecular complexity index is 672. The predicted octanol–water partition coefficient (Wildman–Crippen LogP) is 5.24. The van der Waals surface area contributed by atoms with E-state index in [9.17, 15) is 0 Å². The van der Waals surface area contributed by atoms with Crippen LogP contribution in [0.15, 0.2) is 18.2 Å². The van der Waals surface area contributed by atoms with Crippen LogP contribution in [0.1, 0.15) is 50.5 Å². The lowest BCUT2D eigenvalue weighted by atomic mass is 9.84. The van der Waals surface area contributed by atoms with Gasteiger partial charge in [-0.25, -0.2) is 0 Å². The van der Waals surface area contributed by atoms with Gasteiger partial charge in [-0.05, 0) is 92.1 Å². The van der Waals surface area contributed by atoms with Gasteiger partial charge in [-0.3, -0.25) is 0 Å². The molecule has 1 atom stereocenters. The van der Waals surface area contributed by atoms with Crippen LogP contribution in [-0.4, -0.2) is 0 Å². The summed E-state index contributed by atoms with van der Waals surface area (Å²) in [6.07, 6.45) is 0. The first-order valence-electron chi connectivity index (χ1n) is 7.34. The van der Waals surface area contributed by atoms with Gasteiger partial charge in [0.1, 0.15) is 0 Å². The first kappa shape index (κ1) is 16.1. The summed E-state index contributed by atoms with van der Waals surface area (Å²) in [7, 11) is 0. The lowest BCUT2D eigenvalue weighted by molar-refractivity contribution is 0.842. The zero-order valence-corrected chi connectivity index (χ0v) is 14.5. The molecule has 21 heavy (non-hydrogen) atoms. The molecule has 0 aliphatic heterocycles. The lowest BCUT2D eigenvalue weighted by Crippen LogP contribution is -2.17. The molecule has 112 valence electrons. The molecule has 0 saturated heterocycles. The van der Waals surface area contributed by atoms with Crippen molar-refractivity contribution in [1.29, 1.82) is 0 Å². The molecule has 2 aromatic rings. The second-order valence-corrected chi connectivity index (χ2v) is 6.43. The molecule has 0 heterocycles. The Morgan fingerprint density at radius 2 is 1.29 bits per heavy atom. The van der Waals surface area contributed by atoms with Crippen LogP contribution in [-0.2, 0) is 0 Å². The molecule has 0 amide bonds. The van der Waals surface area contributed by atoms with Crippen LogP contribution in [0, 0.1) is 41.5 Å². The zero-order valence-electron chi connectivity index (χ0n) is 13.8. The van der Waals surface area contributed by atoms with Crippen LogP contribution in [0.5, 0.6) is 0 Å². The van der Waals surface area contributed by atoms with Crippen LogP contribution in [0.2, 0.25) is 5.02 Å². The smallest absolute Gasteiger partial charge is 0.0557 e. The van der Waals surface area contributed by atoms with Crippen LogP contribution in [0.3, 0.4) is 0 Å². The van der Waals surface area contributed by atoms with Gasteiger partial charge < -0.3 is 5.73 Å². The third-order valence-corrected chi connectivity index (χ3v) is 5.33. The zero-order chi connectivity index (χ0) is 15.9. The minimum Gasteiger partial charge on any atom is -0.320 e. The summed E-state index contributed by atoms with van der Waals surface area (Å²) in [5.41, 5.74) is 16.6. The van der Waals surface area contributed by atoms with Crippen molar-refractivity contribution in [2.24, 2.45) is 5.73 Å². The lowest BCUT2D eigenvalue weighted by Gasteiger charge is -2.24. The largest absolute Gasteiger partial charge is 0.320 e. The van der Waals surface area contributed by atoms with Crippen LogP contribution in [0.25, 0.3) is 0 Å². The van der Waals surface area contributed by atoms with E-state index < -0.39 is 0 Å². The fourth-order valence-corrected chi connectivity index (χ4v) is 3.15. The Balaban J connectivity index is 2.63. The monoisotopic (exact) mass is 301 g/mol. The summed E-state index contributed by atoms with van der Waals surface area (Å²) in [5, 5.41) is 0.777. The van der Waals surface area contributed by atoms with Gasteiger partial charge in [0.25, 0.3) is 0 Å². The molecular weight excluding hydrogens is 278 g/mol. The maximum Gasteiger partial charge on any atom is 0.0557 e. The summed E-state index contributed by atoms with van der Waals surface area (Å²) < 4.78 is 0. The number of rotatable bonds is 2. The quantitative estimate of drug-likeness (QED) is 0.806. The number of nitrogens with two attached hydrogens (primary N) is 1. The highest BCUT2D eigenvalue weighted by Crippen LogP contribution is 2.33. The van der Waals surface area contributed by atoms with Crippen molar-refractivity contribution in [3.05, 3.63) is 67.7 Å². The van der Waals surface area contributed by atoms with Crippen LogP contribution in [0.4, 0.5) is 0 Å². The standard InChI is InChI=1S/C19H24ClN/c1-10-7-8-16(9-17(10)20)19(21)18-14(5)12(3)11(2)13(4)15(18)6/h7-9,19H,21H2,1-6H3. The molecule has 2 rings (SSSR count). The Hall–Kier alpha value is -1.31. The molecule has 0 aliphatic carbocycles. The molecule has 0 saturated carbocycles. The summed E-state index contributed by atoms with van der Waals surface area (Å²) >= 11 is 6.26. The van der Waals surface area contributed by atoms with E-state index in [4.69, 9.17) is 17.3 Å². The van der Waals surface area contributed by atoms with Crippen molar-refractivity contribution in [3.63, 3.8) is 0 Å². The van der Waals surface area contributed by atoms with Gasteiger partial charge in [0.2, 0.25) is 0 Å². The van der Waals surface area contributed by atoms with Crippen molar-refractivity contribution in [2.45, 2.75) is 47.6 Å². The van der Waals surface area contributed by atoms with E-state index in [1.807, 2.05) is 19.1 Å². The molecule has 0 bridgehead atoms.